The molecule has 1 unspecified atom stereocenters. The predicted molar refractivity (Wildman–Crippen MR) is 129 cm³/mol. The molecule has 0 saturated heterocycles. The lowest BCUT2D eigenvalue weighted by Crippen LogP contribution is -2.50. The predicted octanol–water partition coefficient (Wildman–Crippen LogP) is 4.07. The van der Waals surface area contributed by atoms with Crippen molar-refractivity contribution < 1.29 is 24.2 Å². The average molecular weight is 463 g/mol. The van der Waals surface area contributed by atoms with Gasteiger partial charge in [0, 0.05) is 18.4 Å². The third-order valence-corrected chi connectivity index (χ3v) is 5.95. The number of amides is 2. The van der Waals surface area contributed by atoms with Gasteiger partial charge in [-0.05, 0) is 28.7 Å². The van der Waals surface area contributed by atoms with Crippen molar-refractivity contribution >= 4 is 18.0 Å². The third kappa shape index (κ3) is 6.16. The molecular weight excluding hydrogens is 432 g/mol. The second-order valence-electron chi connectivity index (χ2n) is 8.38. The summed E-state index contributed by atoms with van der Waals surface area (Å²) < 4.78 is 5.51. The van der Waals surface area contributed by atoms with Gasteiger partial charge in [0.25, 0.3) is 0 Å². The molecule has 0 radical (unpaired) electrons. The first-order valence-electron chi connectivity index (χ1n) is 11.5. The van der Waals surface area contributed by atoms with Crippen LogP contribution in [0.25, 0.3) is 11.1 Å². The highest BCUT2D eigenvalue weighted by Crippen LogP contribution is 2.44. The first-order valence-corrected chi connectivity index (χ1v) is 11.5. The Morgan fingerprint density at radius 2 is 1.68 bits per heavy atom. The van der Waals surface area contributed by atoms with Crippen LogP contribution in [0.1, 0.15) is 56.1 Å². The number of hydrogen-bond acceptors (Lipinski definition) is 4. The molecular formula is C27H30N2O5. The smallest absolute Gasteiger partial charge is 0.407 e. The molecule has 2 atom stereocenters. The van der Waals surface area contributed by atoms with Crippen LogP contribution in [0.2, 0.25) is 0 Å². The fraction of sp³-hybridized carbons (Fsp3) is 0.370. The van der Waals surface area contributed by atoms with E-state index in [9.17, 15) is 14.4 Å². The fourth-order valence-electron chi connectivity index (χ4n) is 4.30. The zero-order valence-electron chi connectivity index (χ0n) is 19.3. The molecule has 0 spiro atoms. The standard InChI is InChI=1S/C27H30N2O5/c1-3-5-11-18(16-25(30)31)28-26(32)24(10-4-2)29-27(33)34-17-23-21-14-8-6-12-19(21)20-13-7-9-15-22(20)23/h2,6-9,12-15,18,23-24H,3,5,10-11,16-17H2,1H3,(H,28,32)(H,29,33)(H,30,31)/t18-,24?/m0/s1. The maximum atomic E-state index is 12.7. The van der Waals surface area contributed by atoms with E-state index in [0.717, 1.165) is 35.1 Å². The van der Waals surface area contributed by atoms with Crippen molar-refractivity contribution in [1.82, 2.24) is 10.6 Å². The molecule has 2 amide bonds. The molecule has 0 heterocycles. The number of alkyl carbamates (subject to hydrolysis) is 1. The zero-order valence-corrected chi connectivity index (χ0v) is 19.3. The van der Waals surface area contributed by atoms with Crippen LogP contribution < -0.4 is 10.6 Å². The number of carboxylic acid groups (broad SMARTS) is 1. The zero-order chi connectivity index (χ0) is 24.5. The van der Waals surface area contributed by atoms with E-state index in [1.807, 2.05) is 55.5 Å². The normalized spacial score (nSPS) is 13.6. The Bertz CT molecular complexity index is 1030. The highest BCUT2D eigenvalue weighted by atomic mass is 16.5. The van der Waals surface area contributed by atoms with Gasteiger partial charge >= 0.3 is 12.1 Å². The van der Waals surface area contributed by atoms with Crippen molar-refractivity contribution in [2.45, 2.75) is 57.0 Å². The number of carboxylic acids is 1. The van der Waals surface area contributed by atoms with Gasteiger partial charge in [-0.25, -0.2) is 4.79 Å². The summed E-state index contributed by atoms with van der Waals surface area (Å²) in [5.41, 5.74) is 4.41. The first-order chi connectivity index (χ1) is 16.4. The van der Waals surface area contributed by atoms with Crippen molar-refractivity contribution in [3.63, 3.8) is 0 Å². The number of rotatable bonds is 11. The summed E-state index contributed by atoms with van der Waals surface area (Å²) in [5, 5.41) is 14.4. The molecule has 0 aromatic heterocycles. The Morgan fingerprint density at radius 3 is 2.24 bits per heavy atom. The van der Waals surface area contributed by atoms with Crippen molar-refractivity contribution in [2.75, 3.05) is 6.61 Å². The quantitative estimate of drug-likeness (QED) is 0.437. The largest absolute Gasteiger partial charge is 0.481 e. The summed E-state index contributed by atoms with van der Waals surface area (Å²) in [4.78, 5) is 36.5. The summed E-state index contributed by atoms with van der Waals surface area (Å²) in [6, 6.07) is 14.5. The van der Waals surface area contributed by atoms with E-state index in [4.69, 9.17) is 16.3 Å². The Hall–Kier alpha value is -3.79. The lowest BCUT2D eigenvalue weighted by Gasteiger charge is -2.22. The van der Waals surface area contributed by atoms with E-state index in [2.05, 4.69) is 16.6 Å². The summed E-state index contributed by atoms with van der Waals surface area (Å²) in [7, 11) is 0. The number of aliphatic carboxylic acids is 1. The number of fused-ring (bicyclic) bond motifs is 3. The Kier molecular flexibility index (Phi) is 8.69. The third-order valence-electron chi connectivity index (χ3n) is 5.95. The molecule has 178 valence electrons. The second kappa shape index (κ2) is 11.9. The molecule has 0 bridgehead atoms. The molecule has 2 aromatic carbocycles. The number of nitrogens with one attached hydrogen (secondary N) is 2. The molecule has 1 aliphatic carbocycles. The van der Waals surface area contributed by atoms with Gasteiger partial charge in [0.1, 0.15) is 12.6 Å². The monoisotopic (exact) mass is 462 g/mol. The Morgan fingerprint density at radius 1 is 1.06 bits per heavy atom. The van der Waals surface area contributed by atoms with Gasteiger partial charge in [0.2, 0.25) is 5.91 Å². The number of benzene rings is 2. The van der Waals surface area contributed by atoms with Gasteiger partial charge in [-0.15, -0.1) is 12.3 Å². The van der Waals surface area contributed by atoms with Crippen molar-refractivity contribution in [3.8, 4) is 23.5 Å². The minimum absolute atomic E-state index is 0.0381. The molecule has 7 heteroatoms. The molecule has 3 N–H and O–H groups in total. The van der Waals surface area contributed by atoms with E-state index >= 15 is 0 Å². The highest BCUT2D eigenvalue weighted by molar-refractivity contribution is 5.86. The van der Waals surface area contributed by atoms with Gasteiger partial charge in [0.15, 0.2) is 0 Å². The minimum Gasteiger partial charge on any atom is -0.481 e. The fourth-order valence-corrected chi connectivity index (χ4v) is 4.30. The summed E-state index contributed by atoms with van der Waals surface area (Å²) in [5.74, 6) is 0.762. The molecule has 0 saturated carbocycles. The molecule has 0 fully saturated rings. The van der Waals surface area contributed by atoms with Crippen LogP contribution in [-0.4, -0.2) is 41.8 Å². The number of ether oxygens (including phenoxy) is 1. The number of carbonyl (C=O) groups is 3. The van der Waals surface area contributed by atoms with Gasteiger partial charge in [-0.2, -0.15) is 0 Å². The van der Waals surface area contributed by atoms with Crippen LogP contribution in [0.3, 0.4) is 0 Å². The summed E-state index contributed by atoms with van der Waals surface area (Å²) >= 11 is 0. The Balaban J connectivity index is 1.62. The van der Waals surface area contributed by atoms with Gasteiger partial charge < -0.3 is 20.5 Å². The van der Waals surface area contributed by atoms with E-state index < -0.39 is 30.1 Å². The van der Waals surface area contributed by atoms with E-state index in [0.29, 0.717) is 6.42 Å². The Labute approximate surface area is 199 Å². The molecule has 3 rings (SSSR count). The number of terminal acetylenes is 1. The average Bonchev–Trinajstić information content (AvgIpc) is 3.14. The second-order valence-corrected chi connectivity index (χ2v) is 8.38. The molecule has 2 aromatic rings. The maximum Gasteiger partial charge on any atom is 0.407 e. The maximum absolute atomic E-state index is 12.7. The van der Waals surface area contributed by atoms with Crippen LogP contribution in [0.5, 0.6) is 0 Å². The van der Waals surface area contributed by atoms with Crippen molar-refractivity contribution in [1.29, 1.82) is 0 Å². The van der Waals surface area contributed by atoms with Crippen LogP contribution in [0.15, 0.2) is 48.5 Å². The SMILES string of the molecule is C#CCC(NC(=O)OCC1c2ccccc2-c2ccccc21)C(=O)N[C@@H](CCCC)CC(=O)O. The lowest BCUT2D eigenvalue weighted by atomic mass is 9.98. The molecule has 34 heavy (non-hydrogen) atoms. The molecule has 7 nitrogen and oxygen atoms in total. The summed E-state index contributed by atoms with van der Waals surface area (Å²) in [6.07, 6.45) is 6.59. The highest BCUT2D eigenvalue weighted by Gasteiger charge is 2.30. The lowest BCUT2D eigenvalue weighted by molar-refractivity contribution is -0.137. The van der Waals surface area contributed by atoms with Crippen LogP contribution >= 0.6 is 0 Å². The van der Waals surface area contributed by atoms with E-state index in [-0.39, 0.29) is 25.4 Å². The van der Waals surface area contributed by atoms with Crippen molar-refractivity contribution in [3.05, 3.63) is 59.7 Å². The number of hydrogen-bond donors (Lipinski definition) is 3. The first kappa shape index (κ1) is 24.8. The van der Waals surface area contributed by atoms with E-state index in [1.54, 1.807) is 0 Å². The minimum atomic E-state index is -1.02. The van der Waals surface area contributed by atoms with Crippen molar-refractivity contribution in [2.24, 2.45) is 0 Å². The van der Waals surface area contributed by atoms with Gasteiger partial charge in [-0.1, -0.05) is 68.3 Å². The van der Waals surface area contributed by atoms with Crippen LogP contribution in [0.4, 0.5) is 4.79 Å². The van der Waals surface area contributed by atoms with E-state index in [1.165, 1.54) is 0 Å². The number of unbranched alkanes of at least 4 members (excludes halogenated alkanes) is 1. The van der Waals surface area contributed by atoms with Gasteiger partial charge in [0.05, 0.1) is 6.42 Å². The topological polar surface area (TPSA) is 105 Å². The van der Waals surface area contributed by atoms with Crippen LogP contribution in [0, 0.1) is 12.3 Å². The number of carbonyl (C=O) groups excluding carboxylic acids is 2. The molecule has 1 aliphatic rings. The summed E-state index contributed by atoms with van der Waals surface area (Å²) in [6.45, 7) is 2.10. The van der Waals surface area contributed by atoms with Gasteiger partial charge in [-0.3, -0.25) is 9.59 Å². The van der Waals surface area contributed by atoms with Crippen LogP contribution in [-0.2, 0) is 14.3 Å². The molecule has 0 aliphatic heterocycles.